The highest BCUT2D eigenvalue weighted by atomic mass is 16.2. The standard InChI is InChI=1S/C15H20N2O/c16-14-7-6-12(10-13(14)11-4-5-11)15(18)17-8-2-1-3-9-17/h6-7,10-11H,1-5,8-9,16H2. The lowest BCUT2D eigenvalue weighted by molar-refractivity contribution is 0.0724. The number of anilines is 1. The van der Waals surface area contributed by atoms with Gasteiger partial charge in [-0.3, -0.25) is 4.79 Å². The third-order valence-electron chi connectivity index (χ3n) is 3.99. The van der Waals surface area contributed by atoms with E-state index in [0.29, 0.717) is 5.92 Å². The SMILES string of the molecule is Nc1ccc(C(=O)N2CCCCC2)cc1C1CC1. The number of nitrogens with zero attached hydrogens (tertiary/aromatic N) is 1. The summed E-state index contributed by atoms with van der Waals surface area (Å²) in [5, 5.41) is 0. The van der Waals surface area contributed by atoms with Crippen LogP contribution in [0, 0.1) is 0 Å². The quantitative estimate of drug-likeness (QED) is 0.813. The molecule has 1 aliphatic heterocycles. The van der Waals surface area contributed by atoms with Crippen molar-refractivity contribution in [2.24, 2.45) is 0 Å². The Hall–Kier alpha value is -1.51. The van der Waals surface area contributed by atoms with Crippen LogP contribution in [0.15, 0.2) is 18.2 Å². The molecule has 3 heteroatoms. The number of carbonyl (C=O) groups is 1. The van der Waals surface area contributed by atoms with Crippen LogP contribution in [0.5, 0.6) is 0 Å². The number of piperidine rings is 1. The topological polar surface area (TPSA) is 46.3 Å². The molecular weight excluding hydrogens is 224 g/mol. The van der Waals surface area contributed by atoms with E-state index in [1.165, 1.54) is 24.8 Å². The molecule has 1 aromatic rings. The second-order valence-electron chi connectivity index (χ2n) is 5.47. The Balaban J connectivity index is 1.82. The number of likely N-dealkylation sites (tertiary alicyclic amines) is 1. The third kappa shape index (κ3) is 2.22. The van der Waals surface area contributed by atoms with Gasteiger partial charge in [0.2, 0.25) is 0 Å². The minimum absolute atomic E-state index is 0.177. The largest absolute Gasteiger partial charge is 0.398 e. The van der Waals surface area contributed by atoms with Gasteiger partial charge in [-0.1, -0.05) is 0 Å². The van der Waals surface area contributed by atoms with Crippen LogP contribution in [-0.4, -0.2) is 23.9 Å². The Morgan fingerprint density at radius 3 is 2.56 bits per heavy atom. The lowest BCUT2D eigenvalue weighted by Gasteiger charge is -2.27. The maximum absolute atomic E-state index is 12.4. The zero-order valence-corrected chi connectivity index (χ0v) is 10.7. The molecule has 3 nitrogen and oxygen atoms in total. The van der Waals surface area contributed by atoms with Gasteiger partial charge in [-0.15, -0.1) is 0 Å². The van der Waals surface area contributed by atoms with E-state index in [1.807, 2.05) is 23.1 Å². The first-order chi connectivity index (χ1) is 8.75. The molecule has 1 amide bonds. The van der Waals surface area contributed by atoms with E-state index in [0.717, 1.165) is 37.2 Å². The van der Waals surface area contributed by atoms with Crippen LogP contribution >= 0.6 is 0 Å². The highest BCUT2D eigenvalue weighted by Crippen LogP contribution is 2.43. The molecule has 0 spiro atoms. The number of nitrogen functional groups attached to an aromatic ring is 1. The minimum Gasteiger partial charge on any atom is -0.398 e. The normalized spacial score (nSPS) is 19.9. The summed E-state index contributed by atoms with van der Waals surface area (Å²) in [6, 6.07) is 5.78. The summed E-state index contributed by atoms with van der Waals surface area (Å²) in [4.78, 5) is 14.4. The summed E-state index contributed by atoms with van der Waals surface area (Å²) < 4.78 is 0. The van der Waals surface area contributed by atoms with Gasteiger partial charge in [0.15, 0.2) is 0 Å². The smallest absolute Gasteiger partial charge is 0.253 e. The van der Waals surface area contributed by atoms with Gasteiger partial charge in [0.1, 0.15) is 0 Å². The van der Waals surface area contributed by atoms with Gasteiger partial charge >= 0.3 is 0 Å². The Bertz CT molecular complexity index is 460. The Labute approximate surface area is 108 Å². The van der Waals surface area contributed by atoms with E-state index in [-0.39, 0.29) is 5.91 Å². The molecule has 2 aliphatic rings. The van der Waals surface area contributed by atoms with Crippen LogP contribution in [0.1, 0.15) is 53.9 Å². The van der Waals surface area contributed by atoms with Crippen LogP contribution in [0.2, 0.25) is 0 Å². The first kappa shape index (κ1) is 11.6. The molecule has 0 radical (unpaired) electrons. The molecule has 1 aromatic carbocycles. The molecule has 1 saturated heterocycles. The van der Waals surface area contributed by atoms with Gasteiger partial charge < -0.3 is 10.6 Å². The predicted octanol–water partition coefficient (Wildman–Crippen LogP) is 2.77. The fraction of sp³-hybridized carbons (Fsp3) is 0.533. The number of amides is 1. The highest BCUT2D eigenvalue weighted by Gasteiger charge is 2.27. The van der Waals surface area contributed by atoms with Crippen molar-refractivity contribution >= 4 is 11.6 Å². The van der Waals surface area contributed by atoms with Crippen molar-refractivity contribution in [1.82, 2.24) is 4.90 Å². The second kappa shape index (κ2) is 4.63. The van der Waals surface area contributed by atoms with Crippen LogP contribution in [-0.2, 0) is 0 Å². The molecule has 0 atom stereocenters. The third-order valence-corrected chi connectivity index (χ3v) is 3.99. The Morgan fingerprint density at radius 2 is 1.89 bits per heavy atom. The summed E-state index contributed by atoms with van der Waals surface area (Å²) >= 11 is 0. The van der Waals surface area contributed by atoms with Crippen LogP contribution in [0.25, 0.3) is 0 Å². The van der Waals surface area contributed by atoms with E-state index < -0.39 is 0 Å². The summed E-state index contributed by atoms with van der Waals surface area (Å²) in [5.74, 6) is 0.774. The van der Waals surface area contributed by atoms with Crippen LogP contribution in [0.3, 0.4) is 0 Å². The monoisotopic (exact) mass is 244 g/mol. The summed E-state index contributed by atoms with van der Waals surface area (Å²) in [7, 11) is 0. The molecule has 1 saturated carbocycles. The first-order valence-corrected chi connectivity index (χ1v) is 6.94. The van der Waals surface area contributed by atoms with Gasteiger partial charge in [0, 0.05) is 24.3 Å². The molecule has 1 heterocycles. The fourth-order valence-corrected chi connectivity index (χ4v) is 2.74. The summed E-state index contributed by atoms with van der Waals surface area (Å²) in [6.45, 7) is 1.81. The molecule has 2 fully saturated rings. The molecule has 2 N–H and O–H groups in total. The first-order valence-electron chi connectivity index (χ1n) is 6.94. The number of hydrogen-bond donors (Lipinski definition) is 1. The summed E-state index contributed by atoms with van der Waals surface area (Å²) in [5.41, 5.74) is 8.82. The van der Waals surface area contributed by atoms with Crippen molar-refractivity contribution in [2.75, 3.05) is 18.8 Å². The number of carbonyl (C=O) groups excluding carboxylic acids is 1. The Kier molecular flexibility index (Phi) is 2.98. The van der Waals surface area contributed by atoms with E-state index in [4.69, 9.17) is 5.73 Å². The number of hydrogen-bond acceptors (Lipinski definition) is 2. The van der Waals surface area contributed by atoms with E-state index in [2.05, 4.69) is 0 Å². The van der Waals surface area contributed by atoms with E-state index in [9.17, 15) is 4.79 Å². The van der Waals surface area contributed by atoms with Crippen molar-refractivity contribution < 1.29 is 4.79 Å². The fourth-order valence-electron chi connectivity index (χ4n) is 2.74. The van der Waals surface area contributed by atoms with Crippen molar-refractivity contribution in [3.63, 3.8) is 0 Å². The second-order valence-corrected chi connectivity index (χ2v) is 5.47. The molecule has 3 rings (SSSR count). The zero-order chi connectivity index (χ0) is 12.5. The Morgan fingerprint density at radius 1 is 1.17 bits per heavy atom. The lowest BCUT2D eigenvalue weighted by Crippen LogP contribution is -2.35. The van der Waals surface area contributed by atoms with Crippen LogP contribution in [0.4, 0.5) is 5.69 Å². The molecule has 1 aliphatic carbocycles. The van der Waals surface area contributed by atoms with E-state index in [1.54, 1.807) is 0 Å². The van der Waals surface area contributed by atoms with Crippen molar-refractivity contribution in [1.29, 1.82) is 0 Å². The van der Waals surface area contributed by atoms with Crippen molar-refractivity contribution in [3.05, 3.63) is 29.3 Å². The maximum atomic E-state index is 12.4. The number of rotatable bonds is 2. The summed E-state index contributed by atoms with van der Waals surface area (Å²) in [6.07, 6.45) is 5.95. The van der Waals surface area contributed by atoms with Gasteiger partial charge in [0.25, 0.3) is 5.91 Å². The van der Waals surface area contributed by atoms with Gasteiger partial charge in [-0.25, -0.2) is 0 Å². The number of nitrogens with two attached hydrogens (primary N) is 1. The molecule has 0 aromatic heterocycles. The molecule has 0 unspecified atom stereocenters. The number of benzene rings is 1. The average molecular weight is 244 g/mol. The van der Waals surface area contributed by atoms with Crippen molar-refractivity contribution in [2.45, 2.75) is 38.0 Å². The molecule has 96 valence electrons. The van der Waals surface area contributed by atoms with Crippen LogP contribution < -0.4 is 5.73 Å². The van der Waals surface area contributed by atoms with Gasteiger partial charge in [-0.2, -0.15) is 0 Å². The average Bonchev–Trinajstić information content (AvgIpc) is 3.24. The minimum atomic E-state index is 0.177. The molecule has 0 bridgehead atoms. The highest BCUT2D eigenvalue weighted by molar-refractivity contribution is 5.95. The molecular formula is C15H20N2O. The van der Waals surface area contributed by atoms with Gasteiger partial charge in [0.05, 0.1) is 0 Å². The molecule has 18 heavy (non-hydrogen) atoms. The van der Waals surface area contributed by atoms with E-state index >= 15 is 0 Å². The van der Waals surface area contributed by atoms with Gasteiger partial charge in [-0.05, 0) is 61.8 Å². The van der Waals surface area contributed by atoms with Crippen molar-refractivity contribution in [3.8, 4) is 0 Å². The maximum Gasteiger partial charge on any atom is 0.253 e. The zero-order valence-electron chi connectivity index (χ0n) is 10.7. The predicted molar refractivity (Wildman–Crippen MR) is 72.6 cm³/mol. The lowest BCUT2D eigenvalue weighted by atomic mass is 10.0.